The lowest BCUT2D eigenvalue weighted by Crippen LogP contribution is -2.24. The van der Waals surface area contributed by atoms with E-state index in [1.807, 2.05) is 0 Å². The van der Waals surface area contributed by atoms with E-state index in [9.17, 15) is 4.79 Å². The highest BCUT2D eigenvalue weighted by Gasteiger charge is 2.12. The van der Waals surface area contributed by atoms with Gasteiger partial charge in [-0.3, -0.25) is 9.78 Å². The van der Waals surface area contributed by atoms with E-state index in [0.29, 0.717) is 17.3 Å². The first-order valence-corrected chi connectivity index (χ1v) is 6.46. The summed E-state index contributed by atoms with van der Waals surface area (Å²) < 4.78 is 4.84. The monoisotopic (exact) mass is 275 g/mol. The molecule has 1 amide bonds. The van der Waals surface area contributed by atoms with Gasteiger partial charge in [-0.25, -0.2) is 0 Å². The van der Waals surface area contributed by atoms with Crippen LogP contribution in [0.2, 0.25) is 0 Å². The second-order valence-electron chi connectivity index (χ2n) is 4.26. The summed E-state index contributed by atoms with van der Waals surface area (Å²) in [6.45, 7) is 4.78. The van der Waals surface area contributed by atoms with Crippen LogP contribution in [0.3, 0.4) is 0 Å². The Morgan fingerprint density at radius 1 is 1.45 bits per heavy atom. The minimum absolute atomic E-state index is 0.201. The number of nitrogens with zero attached hydrogens (tertiary/aromatic N) is 3. The number of anilines is 1. The van der Waals surface area contributed by atoms with Gasteiger partial charge in [0, 0.05) is 19.7 Å². The van der Waals surface area contributed by atoms with Crippen LogP contribution >= 0.6 is 0 Å². The number of nitrogens with one attached hydrogen (secondary N) is 2. The van der Waals surface area contributed by atoms with Crippen molar-refractivity contribution >= 4 is 11.6 Å². The van der Waals surface area contributed by atoms with Gasteiger partial charge in [0.1, 0.15) is 0 Å². The molecule has 2 aromatic heterocycles. The molecule has 2 N–H and O–H groups in total. The van der Waals surface area contributed by atoms with E-state index in [2.05, 4.69) is 32.7 Å². The zero-order valence-electron chi connectivity index (χ0n) is 11.5. The summed E-state index contributed by atoms with van der Waals surface area (Å²) in [5.41, 5.74) is 1.27. The number of aryl methyl sites for hydroxylation is 1. The van der Waals surface area contributed by atoms with Crippen LogP contribution < -0.4 is 10.6 Å². The van der Waals surface area contributed by atoms with Gasteiger partial charge in [0.2, 0.25) is 5.89 Å². The normalized spacial score (nSPS) is 10.3. The smallest absolute Gasteiger partial charge is 0.253 e. The lowest BCUT2D eigenvalue weighted by atomic mass is 10.2. The minimum atomic E-state index is -0.201. The van der Waals surface area contributed by atoms with Crippen LogP contribution in [-0.4, -0.2) is 27.6 Å². The quantitative estimate of drug-likeness (QED) is 0.830. The molecule has 7 nitrogen and oxygen atoms in total. The molecule has 2 heterocycles. The van der Waals surface area contributed by atoms with Crippen molar-refractivity contribution in [2.24, 2.45) is 0 Å². The average Bonchev–Trinajstić information content (AvgIpc) is 2.88. The predicted molar refractivity (Wildman–Crippen MR) is 73.2 cm³/mol. The standard InChI is InChI=1S/C13H17N5O2/c1-3-5-15-11-7-14-6-4-10(11)13(19)16-8-12-17-9(2)20-18-12/h4,6-7,15H,3,5,8H2,1-2H3,(H,16,19). The van der Waals surface area contributed by atoms with E-state index in [1.165, 1.54) is 0 Å². The molecule has 0 atom stereocenters. The van der Waals surface area contributed by atoms with Crippen molar-refractivity contribution in [2.45, 2.75) is 26.8 Å². The molecule has 0 aromatic carbocycles. The fourth-order valence-electron chi connectivity index (χ4n) is 1.66. The second kappa shape index (κ2) is 6.65. The van der Waals surface area contributed by atoms with E-state index in [4.69, 9.17) is 4.52 Å². The Labute approximate surface area is 116 Å². The Bertz CT molecular complexity index is 582. The molecule has 20 heavy (non-hydrogen) atoms. The summed E-state index contributed by atoms with van der Waals surface area (Å²) in [5, 5.41) is 9.65. The van der Waals surface area contributed by atoms with E-state index in [0.717, 1.165) is 18.7 Å². The summed E-state index contributed by atoms with van der Waals surface area (Å²) in [4.78, 5) is 20.2. The lowest BCUT2D eigenvalue weighted by Gasteiger charge is -2.10. The van der Waals surface area contributed by atoms with Gasteiger partial charge in [0.05, 0.1) is 24.0 Å². The molecule has 0 spiro atoms. The Morgan fingerprint density at radius 2 is 2.30 bits per heavy atom. The molecule has 0 aliphatic heterocycles. The highest BCUT2D eigenvalue weighted by Crippen LogP contribution is 2.13. The number of aromatic nitrogens is 3. The number of amides is 1. The zero-order valence-corrected chi connectivity index (χ0v) is 11.5. The van der Waals surface area contributed by atoms with E-state index in [-0.39, 0.29) is 12.5 Å². The number of hydrogen-bond acceptors (Lipinski definition) is 6. The summed E-state index contributed by atoms with van der Waals surface area (Å²) >= 11 is 0. The maximum atomic E-state index is 12.1. The summed E-state index contributed by atoms with van der Waals surface area (Å²) in [7, 11) is 0. The molecule has 0 unspecified atom stereocenters. The SMILES string of the molecule is CCCNc1cnccc1C(=O)NCc1noc(C)n1. The van der Waals surface area contributed by atoms with Gasteiger partial charge in [-0.05, 0) is 12.5 Å². The van der Waals surface area contributed by atoms with Crippen molar-refractivity contribution in [3.05, 3.63) is 35.7 Å². The predicted octanol–water partition coefficient (Wildman–Crippen LogP) is 1.52. The second-order valence-corrected chi connectivity index (χ2v) is 4.26. The molecule has 2 rings (SSSR count). The zero-order chi connectivity index (χ0) is 14.4. The first-order valence-electron chi connectivity index (χ1n) is 6.46. The molecule has 0 radical (unpaired) electrons. The third kappa shape index (κ3) is 3.53. The topological polar surface area (TPSA) is 92.9 Å². The van der Waals surface area contributed by atoms with Gasteiger partial charge in [0.25, 0.3) is 5.91 Å². The Morgan fingerprint density at radius 3 is 3.00 bits per heavy atom. The maximum Gasteiger partial charge on any atom is 0.253 e. The fourth-order valence-corrected chi connectivity index (χ4v) is 1.66. The minimum Gasteiger partial charge on any atom is -0.383 e. The van der Waals surface area contributed by atoms with E-state index in [1.54, 1.807) is 25.4 Å². The number of carbonyl (C=O) groups is 1. The Balaban J connectivity index is 2.01. The first kappa shape index (κ1) is 14.0. The van der Waals surface area contributed by atoms with Gasteiger partial charge in [-0.2, -0.15) is 4.98 Å². The molecule has 0 fully saturated rings. The average molecular weight is 275 g/mol. The van der Waals surface area contributed by atoms with Gasteiger partial charge in [-0.15, -0.1) is 0 Å². The van der Waals surface area contributed by atoms with Crippen LogP contribution in [0.15, 0.2) is 23.0 Å². The highest BCUT2D eigenvalue weighted by atomic mass is 16.5. The molecule has 0 saturated heterocycles. The molecule has 7 heteroatoms. The van der Waals surface area contributed by atoms with Crippen molar-refractivity contribution in [3.8, 4) is 0 Å². The van der Waals surface area contributed by atoms with Crippen molar-refractivity contribution in [2.75, 3.05) is 11.9 Å². The number of hydrogen-bond donors (Lipinski definition) is 2. The van der Waals surface area contributed by atoms with E-state index < -0.39 is 0 Å². The van der Waals surface area contributed by atoms with E-state index >= 15 is 0 Å². The van der Waals surface area contributed by atoms with Crippen LogP contribution in [0.25, 0.3) is 0 Å². The van der Waals surface area contributed by atoms with Crippen molar-refractivity contribution < 1.29 is 9.32 Å². The van der Waals surface area contributed by atoms with Gasteiger partial charge in [-0.1, -0.05) is 12.1 Å². The number of rotatable bonds is 6. The molecule has 0 saturated carbocycles. The Hall–Kier alpha value is -2.44. The third-order valence-electron chi connectivity index (χ3n) is 2.61. The van der Waals surface area contributed by atoms with Gasteiger partial charge in [0.15, 0.2) is 5.82 Å². The summed E-state index contributed by atoms with van der Waals surface area (Å²) in [5.74, 6) is 0.727. The summed E-state index contributed by atoms with van der Waals surface area (Å²) in [6.07, 6.45) is 4.20. The molecule has 0 bridgehead atoms. The number of pyridine rings is 1. The van der Waals surface area contributed by atoms with Gasteiger partial charge < -0.3 is 15.2 Å². The highest BCUT2D eigenvalue weighted by molar-refractivity contribution is 5.99. The number of carbonyl (C=O) groups excluding carboxylic acids is 1. The van der Waals surface area contributed by atoms with Crippen LogP contribution in [-0.2, 0) is 6.54 Å². The maximum absolute atomic E-state index is 12.1. The van der Waals surface area contributed by atoms with Crippen LogP contribution in [0, 0.1) is 6.92 Å². The molecular formula is C13H17N5O2. The molecular weight excluding hydrogens is 258 g/mol. The Kier molecular flexibility index (Phi) is 4.65. The van der Waals surface area contributed by atoms with Gasteiger partial charge >= 0.3 is 0 Å². The molecule has 106 valence electrons. The van der Waals surface area contributed by atoms with Crippen molar-refractivity contribution in [3.63, 3.8) is 0 Å². The van der Waals surface area contributed by atoms with Crippen LogP contribution in [0.4, 0.5) is 5.69 Å². The van der Waals surface area contributed by atoms with Crippen LogP contribution in [0.1, 0.15) is 35.4 Å². The van der Waals surface area contributed by atoms with Crippen LogP contribution in [0.5, 0.6) is 0 Å². The lowest BCUT2D eigenvalue weighted by molar-refractivity contribution is 0.0950. The van der Waals surface area contributed by atoms with Crippen molar-refractivity contribution in [1.82, 2.24) is 20.4 Å². The third-order valence-corrected chi connectivity index (χ3v) is 2.61. The molecule has 0 aliphatic carbocycles. The molecule has 2 aromatic rings. The largest absolute Gasteiger partial charge is 0.383 e. The first-order chi connectivity index (χ1) is 9.70. The fraction of sp³-hybridized carbons (Fsp3) is 0.385. The molecule has 0 aliphatic rings. The summed E-state index contributed by atoms with van der Waals surface area (Å²) in [6, 6.07) is 1.68. The van der Waals surface area contributed by atoms with Crippen molar-refractivity contribution in [1.29, 1.82) is 0 Å².